The number of piperazine rings is 1. The molecule has 1 amide bonds. The van der Waals surface area contributed by atoms with Gasteiger partial charge in [0.15, 0.2) is 5.82 Å². The lowest BCUT2D eigenvalue weighted by Crippen LogP contribution is -2.45. The van der Waals surface area contributed by atoms with E-state index >= 15 is 0 Å². The second kappa shape index (κ2) is 7.75. The van der Waals surface area contributed by atoms with Crippen molar-refractivity contribution in [3.05, 3.63) is 47.8 Å². The van der Waals surface area contributed by atoms with E-state index in [1.807, 2.05) is 4.57 Å². The van der Waals surface area contributed by atoms with E-state index in [4.69, 9.17) is 10.7 Å². The van der Waals surface area contributed by atoms with Crippen LogP contribution in [-0.2, 0) is 6.54 Å². The standard InChI is InChI=1S/C22H24FN7O/c1-28-6-8-29(9-7-28)10-11-30-19-13-15(23)3-5-18(19)25-22(30)20-16-12-14(21(24)31)2-4-17(16)26-27-20/h2-5,12-13H,6-11H2,1H3,(H2,24,31)(H,26,27). The molecule has 1 aliphatic heterocycles. The minimum Gasteiger partial charge on any atom is -0.366 e. The van der Waals surface area contributed by atoms with Gasteiger partial charge in [0.1, 0.15) is 11.5 Å². The normalized spacial score (nSPS) is 15.8. The van der Waals surface area contributed by atoms with Crippen molar-refractivity contribution in [3.8, 4) is 11.5 Å². The van der Waals surface area contributed by atoms with Crippen molar-refractivity contribution in [1.29, 1.82) is 0 Å². The number of hydrogen-bond acceptors (Lipinski definition) is 5. The quantitative estimate of drug-likeness (QED) is 0.514. The van der Waals surface area contributed by atoms with Crippen LogP contribution in [0.1, 0.15) is 10.4 Å². The van der Waals surface area contributed by atoms with E-state index < -0.39 is 5.91 Å². The lowest BCUT2D eigenvalue weighted by atomic mass is 10.1. The molecule has 0 saturated carbocycles. The molecule has 4 aromatic rings. The van der Waals surface area contributed by atoms with E-state index in [0.29, 0.717) is 29.1 Å². The molecule has 2 aromatic heterocycles. The molecule has 1 saturated heterocycles. The number of nitrogens with one attached hydrogen (secondary N) is 1. The van der Waals surface area contributed by atoms with Gasteiger partial charge in [0, 0.05) is 50.2 Å². The smallest absolute Gasteiger partial charge is 0.248 e. The number of benzene rings is 2. The Labute approximate surface area is 178 Å². The van der Waals surface area contributed by atoms with Gasteiger partial charge < -0.3 is 15.2 Å². The number of likely N-dealkylation sites (N-methyl/N-ethyl adjacent to an activating group) is 1. The van der Waals surface area contributed by atoms with Gasteiger partial charge in [-0.05, 0) is 43.4 Å². The summed E-state index contributed by atoms with van der Waals surface area (Å²) < 4.78 is 16.1. The summed E-state index contributed by atoms with van der Waals surface area (Å²) >= 11 is 0. The number of halogens is 1. The molecule has 0 bridgehead atoms. The Morgan fingerprint density at radius 1 is 1.13 bits per heavy atom. The van der Waals surface area contributed by atoms with Crippen molar-refractivity contribution < 1.29 is 9.18 Å². The maximum Gasteiger partial charge on any atom is 0.248 e. The number of primary amides is 1. The number of hydrogen-bond donors (Lipinski definition) is 2. The molecule has 3 N–H and O–H groups in total. The van der Waals surface area contributed by atoms with Crippen molar-refractivity contribution in [2.24, 2.45) is 5.73 Å². The molecule has 8 nitrogen and oxygen atoms in total. The monoisotopic (exact) mass is 421 g/mol. The fourth-order valence-corrected chi connectivity index (χ4v) is 4.15. The van der Waals surface area contributed by atoms with Crippen molar-refractivity contribution in [3.63, 3.8) is 0 Å². The molecule has 1 fully saturated rings. The molecule has 5 rings (SSSR count). The van der Waals surface area contributed by atoms with Gasteiger partial charge in [-0.2, -0.15) is 5.10 Å². The fraction of sp³-hybridized carbons (Fsp3) is 0.318. The van der Waals surface area contributed by atoms with Crippen molar-refractivity contribution in [1.82, 2.24) is 29.5 Å². The van der Waals surface area contributed by atoms with Crippen LogP contribution in [0.5, 0.6) is 0 Å². The maximum atomic E-state index is 14.1. The molecule has 2 aromatic carbocycles. The predicted octanol–water partition coefficient (Wildman–Crippen LogP) is 2.06. The highest BCUT2D eigenvalue weighted by atomic mass is 19.1. The number of aromatic nitrogens is 4. The summed E-state index contributed by atoms with van der Waals surface area (Å²) in [6.45, 7) is 5.55. The topological polar surface area (TPSA) is 96.1 Å². The molecule has 0 spiro atoms. The molecule has 0 aliphatic carbocycles. The first kappa shape index (κ1) is 19.7. The largest absolute Gasteiger partial charge is 0.366 e. The van der Waals surface area contributed by atoms with Gasteiger partial charge in [-0.1, -0.05) is 0 Å². The lowest BCUT2D eigenvalue weighted by molar-refractivity contribution is 0.100. The van der Waals surface area contributed by atoms with E-state index in [-0.39, 0.29) is 5.82 Å². The number of imidazole rings is 1. The van der Waals surface area contributed by atoms with Gasteiger partial charge >= 0.3 is 0 Å². The van der Waals surface area contributed by atoms with Crippen LogP contribution in [0.4, 0.5) is 4.39 Å². The maximum absolute atomic E-state index is 14.1. The molecule has 1 aliphatic rings. The number of nitrogens with two attached hydrogens (primary N) is 1. The van der Waals surface area contributed by atoms with Gasteiger partial charge in [-0.25, -0.2) is 9.37 Å². The first-order valence-electron chi connectivity index (χ1n) is 10.3. The summed E-state index contributed by atoms with van der Waals surface area (Å²) in [6.07, 6.45) is 0. The van der Waals surface area contributed by atoms with Gasteiger partial charge in [0.05, 0.1) is 16.6 Å². The van der Waals surface area contributed by atoms with Gasteiger partial charge in [-0.3, -0.25) is 14.8 Å². The van der Waals surface area contributed by atoms with Gasteiger partial charge in [-0.15, -0.1) is 0 Å². The first-order chi connectivity index (χ1) is 15.0. The van der Waals surface area contributed by atoms with E-state index in [1.54, 1.807) is 24.3 Å². The van der Waals surface area contributed by atoms with Crippen LogP contribution in [0.3, 0.4) is 0 Å². The van der Waals surface area contributed by atoms with Crippen LogP contribution < -0.4 is 5.73 Å². The number of nitrogens with zero attached hydrogens (tertiary/aromatic N) is 5. The SMILES string of the molecule is CN1CCN(CCn2c(-c3n[nH]c4ccc(C(N)=O)cc34)nc3ccc(F)cc32)CC1. The summed E-state index contributed by atoms with van der Waals surface area (Å²) in [6, 6.07) is 9.78. The number of carbonyl (C=O) groups is 1. The molecule has 160 valence electrons. The Morgan fingerprint density at radius 3 is 2.71 bits per heavy atom. The zero-order chi connectivity index (χ0) is 21.5. The van der Waals surface area contributed by atoms with Crippen LogP contribution in [0, 0.1) is 5.82 Å². The number of carbonyl (C=O) groups excluding carboxylic acids is 1. The zero-order valence-electron chi connectivity index (χ0n) is 17.3. The molecular formula is C22H24FN7O. The summed E-state index contributed by atoms with van der Waals surface area (Å²) in [5.74, 6) is -0.162. The van der Waals surface area contributed by atoms with Gasteiger partial charge in [0.2, 0.25) is 5.91 Å². The van der Waals surface area contributed by atoms with Crippen molar-refractivity contribution >= 4 is 27.8 Å². The van der Waals surface area contributed by atoms with Crippen LogP contribution >= 0.6 is 0 Å². The molecule has 0 radical (unpaired) electrons. The zero-order valence-corrected chi connectivity index (χ0v) is 17.3. The third-order valence-electron chi connectivity index (χ3n) is 6.01. The molecule has 0 unspecified atom stereocenters. The average molecular weight is 421 g/mol. The Kier molecular flexibility index (Phi) is 4.91. The summed E-state index contributed by atoms with van der Waals surface area (Å²) in [5.41, 5.74) is 8.71. The van der Waals surface area contributed by atoms with Crippen LogP contribution in [0.25, 0.3) is 33.5 Å². The van der Waals surface area contributed by atoms with Crippen LogP contribution in [0.2, 0.25) is 0 Å². The highest BCUT2D eigenvalue weighted by molar-refractivity contribution is 6.00. The van der Waals surface area contributed by atoms with Crippen LogP contribution in [0.15, 0.2) is 36.4 Å². The highest BCUT2D eigenvalue weighted by Gasteiger charge is 2.20. The minimum absolute atomic E-state index is 0.303. The molecular weight excluding hydrogens is 397 g/mol. The number of aromatic amines is 1. The van der Waals surface area contributed by atoms with Crippen LogP contribution in [-0.4, -0.2) is 75.2 Å². The second-order valence-corrected chi connectivity index (χ2v) is 8.06. The highest BCUT2D eigenvalue weighted by Crippen LogP contribution is 2.30. The summed E-state index contributed by atoms with van der Waals surface area (Å²) in [7, 11) is 2.13. The minimum atomic E-state index is -0.500. The van der Waals surface area contributed by atoms with E-state index in [0.717, 1.165) is 49.1 Å². The number of rotatable bonds is 5. The first-order valence-corrected chi connectivity index (χ1v) is 10.3. The Morgan fingerprint density at radius 2 is 1.94 bits per heavy atom. The molecule has 31 heavy (non-hydrogen) atoms. The lowest BCUT2D eigenvalue weighted by Gasteiger charge is -2.32. The third-order valence-corrected chi connectivity index (χ3v) is 6.01. The van der Waals surface area contributed by atoms with Crippen molar-refractivity contribution in [2.45, 2.75) is 6.54 Å². The number of H-pyrrole nitrogens is 1. The second-order valence-electron chi connectivity index (χ2n) is 8.06. The third kappa shape index (κ3) is 3.66. The van der Waals surface area contributed by atoms with Gasteiger partial charge in [0.25, 0.3) is 0 Å². The number of fused-ring (bicyclic) bond motifs is 2. The number of amides is 1. The molecule has 3 heterocycles. The predicted molar refractivity (Wildman–Crippen MR) is 117 cm³/mol. The van der Waals surface area contributed by atoms with E-state index in [2.05, 4.69) is 27.0 Å². The Bertz CT molecular complexity index is 1270. The van der Waals surface area contributed by atoms with E-state index in [1.165, 1.54) is 12.1 Å². The summed E-state index contributed by atoms with van der Waals surface area (Å²) in [4.78, 5) is 21.2. The summed E-state index contributed by atoms with van der Waals surface area (Å²) in [5, 5.41) is 8.23. The average Bonchev–Trinajstić information content (AvgIpc) is 3.33. The van der Waals surface area contributed by atoms with Crippen molar-refractivity contribution in [2.75, 3.05) is 39.8 Å². The Hall–Kier alpha value is -3.30. The Balaban J connectivity index is 1.58. The molecule has 0 atom stereocenters. The van der Waals surface area contributed by atoms with E-state index in [9.17, 15) is 9.18 Å². The fourth-order valence-electron chi connectivity index (χ4n) is 4.15. The molecule has 9 heteroatoms.